The maximum absolute atomic E-state index is 12.0. The molecular formula is C24H34ClN5O4. The number of nitrogens with one attached hydrogen (secondary N) is 2. The number of nitrogens with zero attached hydrogens (tertiary/aromatic N) is 3. The minimum absolute atomic E-state index is 0.169. The van der Waals surface area contributed by atoms with E-state index in [0.717, 1.165) is 24.3 Å². The van der Waals surface area contributed by atoms with Gasteiger partial charge in [0.2, 0.25) is 0 Å². The normalized spacial score (nSPS) is 12.2. The second kappa shape index (κ2) is 13.3. The van der Waals surface area contributed by atoms with Crippen LogP contribution in [0.1, 0.15) is 45.2 Å². The van der Waals surface area contributed by atoms with Crippen LogP contribution < -0.4 is 5.32 Å². The van der Waals surface area contributed by atoms with Crippen molar-refractivity contribution in [3.8, 4) is 11.4 Å². The number of hydrogen-bond donors (Lipinski definition) is 2. The van der Waals surface area contributed by atoms with Crippen LogP contribution in [0.3, 0.4) is 0 Å². The van der Waals surface area contributed by atoms with Crippen LogP contribution in [-0.4, -0.2) is 58.9 Å². The number of H-pyrrole nitrogens is 1. The number of carbonyl (C=O) groups is 1. The van der Waals surface area contributed by atoms with Crippen molar-refractivity contribution < 1.29 is 19.0 Å². The van der Waals surface area contributed by atoms with E-state index in [1.807, 2.05) is 19.1 Å². The zero-order chi connectivity index (χ0) is 24.3. The summed E-state index contributed by atoms with van der Waals surface area (Å²) in [6.07, 6.45) is 4.28. The molecule has 0 saturated heterocycles. The molecule has 1 amide bonds. The molecule has 2 aromatic heterocycles. The SMILES string of the molecule is CCCCC(CC)COCCOCCOC(=O)Nc1ccc(-c2nc3c(Cl)c(C)[nH]n3n2)cc1. The fourth-order valence-corrected chi connectivity index (χ4v) is 3.61. The van der Waals surface area contributed by atoms with Gasteiger partial charge in [-0.2, -0.15) is 4.63 Å². The molecule has 10 heteroatoms. The number of amides is 1. The van der Waals surface area contributed by atoms with Crippen molar-refractivity contribution in [2.45, 2.75) is 46.5 Å². The highest BCUT2D eigenvalue weighted by molar-refractivity contribution is 6.34. The van der Waals surface area contributed by atoms with Gasteiger partial charge in [0, 0.05) is 17.9 Å². The van der Waals surface area contributed by atoms with Crippen LogP contribution in [0, 0.1) is 12.8 Å². The zero-order valence-electron chi connectivity index (χ0n) is 20.1. The van der Waals surface area contributed by atoms with Gasteiger partial charge in [-0.25, -0.2) is 9.78 Å². The molecule has 0 radical (unpaired) electrons. The molecule has 0 aliphatic carbocycles. The summed E-state index contributed by atoms with van der Waals surface area (Å²) >= 11 is 6.21. The summed E-state index contributed by atoms with van der Waals surface area (Å²) in [5.41, 5.74) is 2.79. The number of aromatic nitrogens is 4. The Labute approximate surface area is 205 Å². The molecule has 0 bridgehead atoms. The quantitative estimate of drug-likeness (QED) is 0.289. The number of hydrogen-bond acceptors (Lipinski definition) is 6. The molecule has 9 nitrogen and oxygen atoms in total. The smallest absolute Gasteiger partial charge is 0.411 e. The lowest BCUT2D eigenvalue weighted by molar-refractivity contribution is 0.0182. The first kappa shape index (κ1) is 26.0. The lowest BCUT2D eigenvalue weighted by Gasteiger charge is -2.14. The number of benzene rings is 1. The summed E-state index contributed by atoms with van der Waals surface area (Å²) in [5.74, 6) is 1.16. The van der Waals surface area contributed by atoms with Gasteiger partial charge in [-0.3, -0.25) is 10.4 Å². The van der Waals surface area contributed by atoms with Gasteiger partial charge < -0.3 is 14.2 Å². The number of aryl methyl sites for hydroxylation is 1. The molecule has 2 N–H and O–H groups in total. The first-order valence-electron chi connectivity index (χ1n) is 11.8. The largest absolute Gasteiger partial charge is 0.447 e. The van der Waals surface area contributed by atoms with Crippen LogP contribution in [0.2, 0.25) is 5.02 Å². The van der Waals surface area contributed by atoms with E-state index in [-0.39, 0.29) is 6.61 Å². The van der Waals surface area contributed by atoms with Crippen molar-refractivity contribution in [2.75, 3.05) is 38.4 Å². The van der Waals surface area contributed by atoms with Gasteiger partial charge >= 0.3 is 6.09 Å². The molecule has 1 atom stereocenters. The van der Waals surface area contributed by atoms with Gasteiger partial charge in [0.15, 0.2) is 11.5 Å². The van der Waals surface area contributed by atoms with E-state index >= 15 is 0 Å². The van der Waals surface area contributed by atoms with E-state index in [2.05, 4.69) is 34.3 Å². The van der Waals surface area contributed by atoms with Crippen LogP contribution >= 0.6 is 11.6 Å². The number of carbonyl (C=O) groups excluding carboxylic acids is 1. The molecule has 0 saturated carbocycles. The zero-order valence-corrected chi connectivity index (χ0v) is 20.9. The minimum Gasteiger partial charge on any atom is -0.447 e. The topological polar surface area (TPSA) is 103 Å². The van der Waals surface area contributed by atoms with Crippen LogP contribution in [0.25, 0.3) is 17.0 Å². The van der Waals surface area contributed by atoms with E-state index in [4.69, 9.17) is 25.8 Å². The summed E-state index contributed by atoms with van der Waals surface area (Å²) in [4.78, 5) is 16.4. The monoisotopic (exact) mass is 491 g/mol. The number of halogens is 1. The van der Waals surface area contributed by atoms with Crippen molar-refractivity contribution in [3.05, 3.63) is 35.0 Å². The van der Waals surface area contributed by atoms with Gasteiger partial charge in [0.1, 0.15) is 11.6 Å². The second-order valence-corrected chi connectivity index (χ2v) is 8.54. The molecular weight excluding hydrogens is 458 g/mol. The Morgan fingerprint density at radius 1 is 1.15 bits per heavy atom. The van der Waals surface area contributed by atoms with Gasteiger partial charge in [0.05, 0.1) is 25.5 Å². The summed E-state index contributed by atoms with van der Waals surface area (Å²) in [5, 5.41) is 10.6. The van der Waals surface area contributed by atoms with Gasteiger partial charge in [-0.1, -0.05) is 44.7 Å². The van der Waals surface area contributed by atoms with Crippen LogP contribution in [0.4, 0.5) is 10.5 Å². The fraction of sp³-hybridized carbons (Fsp3) is 0.542. The summed E-state index contributed by atoms with van der Waals surface area (Å²) in [7, 11) is 0. The molecule has 186 valence electrons. The van der Waals surface area contributed by atoms with Gasteiger partial charge in [-0.05, 0) is 43.5 Å². The highest BCUT2D eigenvalue weighted by Crippen LogP contribution is 2.24. The van der Waals surface area contributed by atoms with Crippen molar-refractivity contribution in [2.24, 2.45) is 5.92 Å². The maximum Gasteiger partial charge on any atom is 0.411 e. The number of anilines is 1. The van der Waals surface area contributed by atoms with Crippen LogP contribution in [0.15, 0.2) is 24.3 Å². The second-order valence-electron chi connectivity index (χ2n) is 8.16. The number of unbranched alkanes of at least 4 members (excludes halogenated alkanes) is 1. The van der Waals surface area contributed by atoms with E-state index < -0.39 is 6.09 Å². The van der Waals surface area contributed by atoms with Crippen molar-refractivity contribution in [1.82, 2.24) is 19.8 Å². The third kappa shape index (κ3) is 7.44. The standard InChI is InChI=1S/C24H34ClN5O4/c1-4-6-7-18(5-2)16-33-13-12-32-14-15-34-24(31)26-20-10-8-19(9-11-20)22-27-23-21(25)17(3)28-30(23)29-22/h8-11,18,28H,4-7,12-16H2,1-3H3,(H,26,31). The Bertz CT molecular complexity index is 1030. The molecule has 34 heavy (non-hydrogen) atoms. The summed E-state index contributed by atoms with van der Waals surface area (Å²) in [6, 6.07) is 7.16. The lowest BCUT2D eigenvalue weighted by Crippen LogP contribution is -2.18. The van der Waals surface area contributed by atoms with Gasteiger partial charge in [0.25, 0.3) is 0 Å². The van der Waals surface area contributed by atoms with E-state index in [1.54, 1.807) is 16.8 Å². The Balaban J connectivity index is 1.31. The summed E-state index contributed by atoms with van der Waals surface area (Å²) in [6.45, 7) is 8.57. The fourth-order valence-electron chi connectivity index (χ4n) is 3.45. The average Bonchev–Trinajstić information content (AvgIpc) is 3.36. The predicted octanol–water partition coefficient (Wildman–Crippen LogP) is 5.48. The molecule has 1 unspecified atom stereocenters. The molecule has 2 heterocycles. The molecule has 0 aliphatic heterocycles. The molecule has 3 aromatic rings. The number of ether oxygens (including phenoxy) is 3. The highest BCUT2D eigenvalue weighted by atomic mass is 35.5. The Morgan fingerprint density at radius 3 is 2.59 bits per heavy atom. The van der Waals surface area contributed by atoms with E-state index in [0.29, 0.717) is 47.9 Å². The Morgan fingerprint density at radius 2 is 1.88 bits per heavy atom. The third-order valence-corrected chi connectivity index (χ3v) is 5.98. The van der Waals surface area contributed by atoms with Crippen LogP contribution in [0.5, 0.6) is 0 Å². The van der Waals surface area contributed by atoms with Crippen molar-refractivity contribution >= 4 is 29.0 Å². The average molecular weight is 492 g/mol. The molecule has 0 fully saturated rings. The van der Waals surface area contributed by atoms with Crippen molar-refractivity contribution in [3.63, 3.8) is 0 Å². The first-order chi connectivity index (χ1) is 16.5. The number of fused-ring (bicyclic) bond motifs is 1. The molecule has 1 aromatic carbocycles. The maximum atomic E-state index is 12.0. The minimum atomic E-state index is -0.537. The third-order valence-electron chi connectivity index (χ3n) is 5.53. The highest BCUT2D eigenvalue weighted by Gasteiger charge is 2.13. The molecule has 3 rings (SSSR count). The van der Waals surface area contributed by atoms with Crippen LogP contribution in [-0.2, 0) is 14.2 Å². The Hall–Kier alpha value is -2.62. The van der Waals surface area contributed by atoms with E-state index in [9.17, 15) is 4.79 Å². The van der Waals surface area contributed by atoms with Crippen molar-refractivity contribution in [1.29, 1.82) is 0 Å². The van der Waals surface area contributed by atoms with E-state index in [1.165, 1.54) is 19.3 Å². The van der Waals surface area contributed by atoms with Gasteiger partial charge in [-0.15, -0.1) is 5.10 Å². The summed E-state index contributed by atoms with van der Waals surface area (Å²) < 4.78 is 17.9. The number of aromatic amines is 1. The predicted molar refractivity (Wildman–Crippen MR) is 132 cm³/mol. The lowest BCUT2D eigenvalue weighted by atomic mass is 10.0. The first-order valence-corrected chi connectivity index (χ1v) is 12.2. The molecule has 0 spiro atoms. The molecule has 0 aliphatic rings. The number of rotatable bonds is 14. The Kier molecular flexibility index (Phi) is 10.2.